The van der Waals surface area contributed by atoms with E-state index >= 15 is 0 Å². The quantitative estimate of drug-likeness (QED) is 0.176. The molecule has 0 atom stereocenters. The van der Waals surface area contributed by atoms with Crippen molar-refractivity contribution in [2.75, 3.05) is 0 Å². The molecule has 0 aliphatic carbocycles. The Morgan fingerprint density at radius 2 is 0.737 bits per heavy atom. The summed E-state index contributed by atoms with van der Waals surface area (Å²) in [5.41, 5.74) is 0. The molecule has 107 valence electrons. The van der Waals surface area contributed by atoms with Crippen LogP contribution in [-0.2, 0) is 43.7 Å². The van der Waals surface area contributed by atoms with E-state index in [0.29, 0.717) is 0 Å². The Kier molecular flexibility index (Phi) is 338. The first kappa shape index (κ1) is 52.2. The van der Waals surface area contributed by atoms with Gasteiger partial charge in [0.05, 0.1) is 0 Å². The van der Waals surface area contributed by atoms with Crippen LogP contribution in [0.5, 0.6) is 0 Å². The van der Waals surface area contributed by atoms with Crippen molar-refractivity contribution < 1.29 is 60.9 Å². The Balaban J connectivity index is -0.0000000129. The van der Waals surface area contributed by atoms with Crippen LogP contribution in [0.2, 0.25) is 0 Å². The van der Waals surface area contributed by atoms with Gasteiger partial charge in [0.25, 0.3) is 0 Å². The monoisotopic (exact) mass is 456 g/mol. The van der Waals surface area contributed by atoms with Gasteiger partial charge in [0, 0.05) is 20.4 Å². The molecule has 1 radical (unpaired) electrons. The third kappa shape index (κ3) is 3020. The summed E-state index contributed by atoms with van der Waals surface area (Å²) in [5.74, 6) is 0. The molecule has 0 bridgehead atoms. The second-order valence-electron chi connectivity index (χ2n) is 0.903. The van der Waals surface area contributed by atoms with Crippen molar-refractivity contribution >= 4 is 7.25 Å². The van der Waals surface area contributed by atoms with Crippen molar-refractivity contribution in [3.63, 3.8) is 0 Å². The fourth-order valence-electron chi connectivity index (χ4n) is 0. The number of halogens is 4. The summed E-state index contributed by atoms with van der Waals surface area (Å²) in [6, 6.07) is 0. The largest absolute Gasteiger partial charge is 0 e. The predicted octanol–water partition coefficient (Wildman–Crippen LogP) is 2.30. The average Bonchev–Trinajstić information content (AvgIpc) is 2.40. The predicted molar refractivity (Wildman–Crippen MR) is 45.7 cm³/mol. The van der Waals surface area contributed by atoms with Crippen LogP contribution in [0.25, 0.3) is 0 Å². The van der Waals surface area contributed by atoms with Crippen LogP contribution in [0.1, 0.15) is 6.92 Å². The van der Waals surface area contributed by atoms with Gasteiger partial charge in [-0.2, -0.15) is 0 Å². The van der Waals surface area contributed by atoms with Crippen LogP contribution in [0.15, 0.2) is 12.7 Å². The molecule has 0 aliphatic rings. The molecule has 0 aromatic heterocycles. The fraction of sp³-hybridized carbons (Fsp3) is 0.125. The summed E-state index contributed by atoms with van der Waals surface area (Å²) in [4.78, 5) is 0. The van der Waals surface area contributed by atoms with Gasteiger partial charge in [-0.25, -0.2) is 0 Å². The molecule has 0 unspecified atom stereocenters. The minimum atomic E-state index is -6.00. The van der Waals surface area contributed by atoms with Crippen molar-refractivity contribution in [2.45, 2.75) is 6.92 Å². The molecule has 0 heterocycles. The van der Waals surface area contributed by atoms with Gasteiger partial charge in [-0.1, -0.05) is 6.08 Å². The van der Waals surface area contributed by atoms with Crippen molar-refractivity contribution in [2.24, 2.45) is 0 Å². The SMILES string of the molecule is C=CC.F[B-](F)(F)F.[C-]#[O+].[C-]#[O+].[C-]#[O+].[C-]#[O+].[C-]#[O+].[Re]. The Hall–Kier alpha value is -1.11. The molecule has 0 saturated carbocycles. The van der Waals surface area contributed by atoms with Crippen LogP contribution in [-0.4, -0.2) is 7.25 Å². The summed E-state index contributed by atoms with van der Waals surface area (Å²) < 4.78 is 76.5. The molecular formula is C8H6BF4O5Re-. The van der Waals surface area contributed by atoms with Gasteiger partial charge in [-0.05, 0) is 6.92 Å². The maximum atomic E-state index is 9.75. The van der Waals surface area contributed by atoms with E-state index in [2.05, 4.69) is 39.8 Å². The Morgan fingerprint density at radius 3 is 0.737 bits per heavy atom. The van der Waals surface area contributed by atoms with Crippen molar-refractivity contribution in [1.29, 1.82) is 0 Å². The molecule has 0 saturated heterocycles. The maximum absolute atomic E-state index is 9.75. The Labute approximate surface area is 121 Å². The van der Waals surface area contributed by atoms with Gasteiger partial charge >= 0.3 is 63.8 Å². The first-order valence-electron chi connectivity index (χ1n) is 2.88. The summed E-state index contributed by atoms with van der Waals surface area (Å²) >= 11 is 0. The molecule has 0 aliphatic heterocycles. The van der Waals surface area contributed by atoms with Crippen LogP contribution < -0.4 is 0 Å². The van der Waals surface area contributed by atoms with Gasteiger partial charge < -0.3 is 17.3 Å². The molecule has 11 heteroatoms. The van der Waals surface area contributed by atoms with Crippen molar-refractivity contribution in [3.05, 3.63) is 45.9 Å². The molecular weight excluding hydrogens is 449 g/mol. The number of rotatable bonds is 0. The molecule has 0 fully saturated rings. The van der Waals surface area contributed by atoms with Gasteiger partial charge in [0.15, 0.2) is 0 Å². The minimum absolute atomic E-state index is 0. The van der Waals surface area contributed by atoms with Crippen LogP contribution >= 0.6 is 0 Å². The third-order valence-electron chi connectivity index (χ3n) is 0. The van der Waals surface area contributed by atoms with E-state index in [4.69, 9.17) is 23.3 Å². The summed E-state index contributed by atoms with van der Waals surface area (Å²) in [6.45, 7) is 27.8. The smallest absolute Gasteiger partial charge is 0 e. The van der Waals surface area contributed by atoms with E-state index in [1.165, 1.54) is 0 Å². The molecule has 0 amide bonds. The van der Waals surface area contributed by atoms with Gasteiger partial charge in [-0.15, -0.1) is 6.58 Å². The van der Waals surface area contributed by atoms with Crippen LogP contribution in [0, 0.1) is 33.3 Å². The summed E-state index contributed by atoms with van der Waals surface area (Å²) in [5, 5.41) is 0. The van der Waals surface area contributed by atoms with E-state index in [1.54, 1.807) is 6.08 Å². The van der Waals surface area contributed by atoms with Crippen molar-refractivity contribution in [1.82, 2.24) is 0 Å². The zero-order chi connectivity index (χ0) is 17.2. The topological polar surface area (TPSA) is 99.5 Å². The standard InChI is InChI=1S/C3H6.5CO.BF4.Re/c1-3-2;5*1-2;2-1(3,4)5;/h3H,1H2,2H3;;;;;;;/q;;;;;;-1;. The van der Waals surface area contributed by atoms with E-state index < -0.39 is 7.25 Å². The first-order valence-corrected chi connectivity index (χ1v) is 2.88. The minimum Gasteiger partial charge on any atom is 0 e. The Bertz CT molecular complexity index is 181. The fourth-order valence-corrected chi connectivity index (χ4v) is 0. The maximum Gasteiger partial charge on any atom is 0 e. The van der Waals surface area contributed by atoms with Gasteiger partial charge in [0.2, 0.25) is 0 Å². The summed E-state index contributed by atoms with van der Waals surface area (Å²) in [7, 11) is -6.00. The molecule has 0 spiro atoms. The molecule has 0 rings (SSSR count). The number of hydrogen-bond donors (Lipinski definition) is 0. The molecule has 0 aromatic rings. The Morgan fingerprint density at radius 1 is 0.737 bits per heavy atom. The van der Waals surface area contributed by atoms with Crippen LogP contribution in [0.4, 0.5) is 17.3 Å². The molecule has 19 heavy (non-hydrogen) atoms. The molecule has 0 N–H and O–H groups in total. The number of hydrogen-bond acceptors (Lipinski definition) is 0. The first-order chi connectivity index (χ1) is 8.41. The summed E-state index contributed by atoms with van der Waals surface area (Å²) in [6.07, 6.45) is 1.75. The van der Waals surface area contributed by atoms with Crippen LogP contribution in [0.3, 0.4) is 0 Å². The third-order valence-corrected chi connectivity index (χ3v) is 0. The van der Waals surface area contributed by atoms with Gasteiger partial charge in [0.1, 0.15) is 0 Å². The molecule has 0 aromatic carbocycles. The number of allylic oxidation sites excluding steroid dienone is 1. The second kappa shape index (κ2) is 123. The van der Waals surface area contributed by atoms with E-state index in [0.717, 1.165) is 0 Å². The zero-order valence-corrected chi connectivity index (χ0v) is 12.0. The van der Waals surface area contributed by atoms with E-state index in [1.807, 2.05) is 6.92 Å². The van der Waals surface area contributed by atoms with Crippen molar-refractivity contribution in [3.8, 4) is 0 Å². The molecule has 5 nitrogen and oxygen atoms in total. The average molecular weight is 455 g/mol. The normalized spacial score (nSPS) is 4.37. The van der Waals surface area contributed by atoms with Gasteiger partial charge in [-0.3, -0.25) is 0 Å². The second-order valence-corrected chi connectivity index (χ2v) is 0.903. The van der Waals surface area contributed by atoms with E-state index in [-0.39, 0.29) is 20.4 Å². The zero-order valence-electron chi connectivity index (χ0n) is 9.29. The van der Waals surface area contributed by atoms with E-state index in [9.17, 15) is 17.3 Å².